The molecule has 3 rings (SSSR count). The zero-order valence-electron chi connectivity index (χ0n) is 16.6. The first-order valence-corrected chi connectivity index (χ1v) is 11.5. The van der Waals surface area contributed by atoms with Crippen molar-refractivity contribution in [3.05, 3.63) is 58.6 Å². The second-order valence-corrected chi connectivity index (χ2v) is 9.70. The van der Waals surface area contributed by atoms with E-state index in [0.717, 1.165) is 37.1 Å². The van der Waals surface area contributed by atoms with Gasteiger partial charge in [-0.1, -0.05) is 29.8 Å². The molecule has 0 aromatic heterocycles. The number of carbonyl (C=O) groups excluding carboxylic acids is 1. The van der Waals surface area contributed by atoms with Crippen LogP contribution in [0.15, 0.2) is 47.4 Å². The van der Waals surface area contributed by atoms with E-state index in [-0.39, 0.29) is 16.7 Å². The normalized spacial score (nSPS) is 17.8. The lowest BCUT2D eigenvalue weighted by Crippen LogP contribution is -2.40. The van der Waals surface area contributed by atoms with Crippen molar-refractivity contribution in [3.63, 3.8) is 0 Å². The number of hydrogen-bond donors (Lipinski definition) is 2. The average molecular weight is 436 g/mol. The number of carbonyl (C=O) groups is 1. The molecule has 1 aliphatic heterocycles. The highest BCUT2D eigenvalue weighted by atomic mass is 35.5. The molecular formula is C21H26ClN3O3S. The first-order chi connectivity index (χ1) is 13.8. The van der Waals surface area contributed by atoms with Gasteiger partial charge in [0.2, 0.25) is 15.9 Å². The van der Waals surface area contributed by atoms with Gasteiger partial charge in [0.25, 0.3) is 0 Å². The standard InChI is InChI=1S/C21H26ClN3O3S/c1-15-5-10-19(29(27,28)23-2)12-20(15)24-21(26)17-4-3-11-25(14-17)13-16-6-8-18(22)9-7-16/h5-10,12,17,23H,3-4,11,13-14H2,1-2H3,(H,24,26). The SMILES string of the molecule is CNS(=O)(=O)c1ccc(C)c(NC(=O)C2CCCN(Cc3ccc(Cl)cc3)C2)c1. The Morgan fingerprint density at radius 3 is 2.62 bits per heavy atom. The molecule has 1 saturated heterocycles. The lowest BCUT2D eigenvalue weighted by molar-refractivity contribution is -0.121. The number of amides is 1. The number of nitrogens with zero attached hydrogens (tertiary/aromatic N) is 1. The Bertz CT molecular complexity index is 977. The maximum atomic E-state index is 12.9. The summed E-state index contributed by atoms with van der Waals surface area (Å²) in [6.45, 7) is 4.23. The van der Waals surface area contributed by atoms with E-state index in [2.05, 4.69) is 14.9 Å². The predicted molar refractivity (Wildman–Crippen MR) is 116 cm³/mol. The van der Waals surface area contributed by atoms with Gasteiger partial charge in [0.05, 0.1) is 10.8 Å². The van der Waals surface area contributed by atoms with E-state index in [4.69, 9.17) is 11.6 Å². The average Bonchev–Trinajstić information content (AvgIpc) is 2.71. The van der Waals surface area contributed by atoms with E-state index < -0.39 is 10.0 Å². The molecule has 0 saturated carbocycles. The lowest BCUT2D eigenvalue weighted by atomic mass is 9.96. The summed E-state index contributed by atoms with van der Waals surface area (Å²) in [6.07, 6.45) is 1.76. The number of benzene rings is 2. The van der Waals surface area contributed by atoms with Gasteiger partial charge in [-0.2, -0.15) is 0 Å². The third kappa shape index (κ3) is 5.57. The van der Waals surface area contributed by atoms with Gasteiger partial charge < -0.3 is 5.32 Å². The molecule has 2 aromatic rings. The summed E-state index contributed by atoms with van der Waals surface area (Å²) in [4.78, 5) is 15.3. The highest BCUT2D eigenvalue weighted by Crippen LogP contribution is 2.24. The van der Waals surface area contributed by atoms with E-state index in [9.17, 15) is 13.2 Å². The van der Waals surface area contributed by atoms with Crippen LogP contribution in [0.25, 0.3) is 0 Å². The molecule has 6 nitrogen and oxygen atoms in total. The van der Waals surface area contributed by atoms with Crippen LogP contribution < -0.4 is 10.0 Å². The van der Waals surface area contributed by atoms with Crippen LogP contribution in [0.1, 0.15) is 24.0 Å². The Morgan fingerprint density at radius 2 is 1.93 bits per heavy atom. The van der Waals surface area contributed by atoms with Crippen LogP contribution in [0.5, 0.6) is 0 Å². The van der Waals surface area contributed by atoms with Crippen LogP contribution in [0.3, 0.4) is 0 Å². The van der Waals surface area contributed by atoms with Crippen molar-refractivity contribution in [1.82, 2.24) is 9.62 Å². The van der Waals surface area contributed by atoms with Crippen LogP contribution in [0.2, 0.25) is 5.02 Å². The second kappa shape index (κ2) is 9.26. The van der Waals surface area contributed by atoms with Crippen molar-refractivity contribution < 1.29 is 13.2 Å². The summed E-state index contributed by atoms with van der Waals surface area (Å²) in [5.74, 6) is -0.215. The molecule has 0 bridgehead atoms. The number of nitrogens with one attached hydrogen (secondary N) is 2. The fraction of sp³-hybridized carbons (Fsp3) is 0.381. The summed E-state index contributed by atoms with van der Waals surface area (Å²) in [6, 6.07) is 12.5. The van der Waals surface area contributed by atoms with Crippen LogP contribution in [0, 0.1) is 12.8 Å². The zero-order valence-corrected chi connectivity index (χ0v) is 18.2. The van der Waals surface area contributed by atoms with Crippen molar-refractivity contribution in [3.8, 4) is 0 Å². The van der Waals surface area contributed by atoms with E-state index in [1.165, 1.54) is 19.2 Å². The zero-order chi connectivity index (χ0) is 21.0. The Morgan fingerprint density at radius 1 is 1.21 bits per heavy atom. The lowest BCUT2D eigenvalue weighted by Gasteiger charge is -2.32. The van der Waals surface area contributed by atoms with Crippen LogP contribution in [-0.2, 0) is 21.4 Å². The fourth-order valence-corrected chi connectivity index (χ4v) is 4.40. The van der Waals surface area contributed by atoms with Crippen LogP contribution in [0.4, 0.5) is 5.69 Å². The summed E-state index contributed by atoms with van der Waals surface area (Å²) in [7, 11) is -2.20. The highest BCUT2D eigenvalue weighted by molar-refractivity contribution is 7.89. The van der Waals surface area contributed by atoms with Crippen molar-refractivity contribution in [1.29, 1.82) is 0 Å². The molecule has 1 amide bonds. The maximum absolute atomic E-state index is 12.9. The molecule has 0 radical (unpaired) electrons. The van der Waals surface area contributed by atoms with Crippen LogP contribution in [-0.4, -0.2) is 39.4 Å². The number of hydrogen-bond acceptors (Lipinski definition) is 4. The molecule has 8 heteroatoms. The minimum atomic E-state index is -3.56. The molecule has 1 fully saturated rings. The number of sulfonamides is 1. The van der Waals surface area contributed by atoms with Crippen molar-refractivity contribution in [2.24, 2.45) is 5.92 Å². The summed E-state index contributed by atoms with van der Waals surface area (Å²) >= 11 is 5.95. The molecular weight excluding hydrogens is 410 g/mol. The number of aryl methyl sites for hydroxylation is 1. The van der Waals surface area contributed by atoms with Gasteiger partial charge >= 0.3 is 0 Å². The molecule has 1 atom stereocenters. The number of rotatable bonds is 6. The van der Waals surface area contributed by atoms with Gasteiger partial charge in [0, 0.05) is 23.8 Å². The van der Waals surface area contributed by atoms with E-state index in [1.54, 1.807) is 6.07 Å². The molecule has 0 aliphatic carbocycles. The van der Waals surface area contributed by atoms with Gasteiger partial charge in [-0.3, -0.25) is 9.69 Å². The molecule has 2 aromatic carbocycles. The molecule has 1 aliphatic rings. The monoisotopic (exact) mass is 435 g/mol. The van der Waals surface area contributed by atoms with Crippen LogP contribution >= 0.6 is 11.6 Å². The largest absolute Gasteiger partial charge is 0.326 e. The molecule has 1 unspecified atom stereocenters. The first-order valence-electron chi connectivity index (χ1n) is 9.60. The number of anilines is 1. The first kappa shape index (κ1) is 21.8. The molecule has 1 heterocycles. The summed E-state index contributed by atoms with van der Waals surface area (Å²) in [5, 5.41) is 3.64. The number of likely N-dealkylation sites (tertiary alicyclic amines) is 1. The minimum Gasteiger partial charge on any atom is -0.326 e. The highest BCUT2D eigenvalue weighted by Gasteiger charge is 2.26. The van der Waals surface area contributed by atoms with Gasteiger partial charge in [-0.25, -0.2) is 13.1 Å². The van der Waals surface area contributed by atoms with Crippen molar-refractivity contribution >= 4 is 33.2 Å². The quantitative estimate of drug-likeness (QED) is 0.728. The van der Waals surface area contributed by atoms with Crippen molar-refractivity contribution in [2.45, 2.75) is 31.2 Å². The third-order valence-electron chi connectivity index (χ3n) is 5.24. The number of piperidine rings is 1. The fourth-order valence-electron chi connectivity index (χ4n) is 3.52. The smallest absolute Gasteiger partial charge is 0.240 e. The molecule has 2 N–H and O–H groups in total. The second-order valence-electron chi connectivity index (χ2n) is 7.37. The molecule has 0 spiro atoms. The van der Waals surface area contributed by atoms with E-state index >= 15 is 0 Å². The summed E-state index contributed by atoms with van der Waals surface area (Å²) in [5.41, 5.74) is 2.51. The van der Waals surface area contributed by atoms with Gasteiger partial charge in [0.1, 0.15) is 0 Å². The van der Waals surface area contributed by atoms with Gasteiger partial charge in [0.15, 0.2) is 0 Å². The Labute approximate surface area is 177 Å². The Hall–Kier alpha value is -1.93. The Balaban J connectivity index is 1.67. The summed E-state index contributed by atoms with van der Waals surface area (Å²) < 4.78 is 26.4. The van der Waals surface area contributed by atoms with Crippen molar-refractivity contribution in [2.75, 3.05) is 25.5 Å². The molecule has 29 heavy (non-hydrogen) atoms. The maximum Gasteiger partial charge on any atom is 0.240 e. The van der Waals surface area contributed by atoms with E-state index in [0.29, 0.717) is 17.3 Å². The topological polar surface area (TPSA) is 78.5 Å². The number of halogens is 1. The van der Waals surface area contributed by atoms with E-state index in [1.807, 2.05) is 31.2 Å². The van der Waals surface area contributed by atoms with Gasteiger partial charge in [-0.05, 0) is 68.8 Å². The third-order valence-corrected chi connectivity index (χ3v) is 6.91. The predicted octanol–water partition coefficient (Wildman–Crippen LogP) is 3.41. The minimum absolute atomic E-state index is 0.0760. The Kier molecular flexibility index (Phi) is 6.95. The molecule has 156 valence electrons. The van der Waals surface area contributed by atoms with Gasteiger partial charge in [-0.15, -0.1) is 0 Å².